The van der Waals surface area contributed by atoms with E-state index in [9.17, 15) is 4.79 Å². The van der Waals surface area contributed by atoms with Crippen LogP contribution in [0.3, 0.4) is 0 Å². The summed E-state index contributed by atoms with van der Waals surface area (Å²) >= 11 is 12.0. The third kappa shape index (κ3) is 3.06. The standard InChI is InChI=1S/C13H12Cl2N2O/c14-10-4-3-5-11(13(10)15)16-7-9-17-8-2-1-6-12(17)18/h1-6,8,16H,7,9H2. The first kappa shape index (κ1) is 13.0. The second-order valence-electron chi connectivity index (χ2n) is 3.76. The van der Waals surface area contributed by atoms with Gasteiger partial charge in [-0.3, -0.25) is 4.79 Å². The molecule has 94 valence electrons. The fourth-order valence-corrected chi connectivity index (χ4v) is 1.96. The maximum atomic E-state index is 11.5. The molecule has 1 heterocycles. The molecule has 0 bridgehead atoms. The Morgan fingerprint density at radius 3 is 2.72 bits per heavy atom. The van der Waals surface area contributed by atoms with Gasteiger partial charge in [0.15, 0.2) is 0 Å². The van der Waals surface area contributed by atoms with E-state index in [0.29, 0.717) is 23.1 Å². The molecule has 1 aromatic heterocycles. The lowest BCUT2D eigenvalue weighted by atomic mass is 10.3. The number of pyridine rings is 1. The Bertz CT molecular complexity index is 596. The van der Waals surface area contributed by atoms with Gasteiger partial charge in [-0.25, -0.2) is 0 Å². The highest BCUT2D eigenvalue weighted by molar-refractivity contribution is 6.43. The number of benzene rings is 1. The van der Waals surface area contributed by atoms with Crippen LogP contribution in [0, 0.1) is 0 Å². The summed E-state index contributed by atoms with van der Waals surface area (Å²) in [5.41, 5.74) is 0.754. The Hall–Kier alpha value is -1.45. The summed E-state index contributed by atoms with van der Waals surface area (Å²) in [6.45, 7) is 1.17. The van der Waals surface area contributed by atoms with Crippen LogP contribution in [0.15, 0.2) is 47.4 Å². The molecule has 0 atom stereocenters. The zero-order valence-electron chi connectivity index (χ0n) is 9.57. The van der Waals surface area contributed by atoms with Crippen molar-refractivity contribution in [3.8, 4) is 0 Å². The van der Waals surface area contributed by atoms with Crippen LogP contribution in [0.25, 0.3) is 0 Å². The van der Waals surface area contributed by atoms with Crippen LogP contribution >= 0.6 is 23.2 Å². The van der Waals surface area contributed by atoms with E-state index >= 15 is 0 Å². The minimum atomic E-state index is -0.0171. The highest BCUT2D eigenvalue weighted by Crippen LogP contribution is 2.29. The average Bonchev–Trinajstić information content (AvgIpc) is 2.37. The lowest BCUT2D eigenvalue weighted by molar-refractivity contribution is 0.697. The van der Waals surface area contributed by atoms with E-state index in [-0.39, 0.29) is 5.56 Å². The summed E-state index contributed by atoms with van der Waals surface area (Å²) in [6.07, 6.45) is 1.75. The molecule has 0 aliphatic carbocycles. The van der Waals surface area contributed by atoms with Gasteiger partial charge in [-0.05, 0) is 18.2 Å². The van der Waals surface area contributed by atoms with Gasteiger partial charge in [0.05, 0.1) is 15.7 Å². The molecule has 18 heavy (non-hydrogen) atoms. The van der Waals surface area contributed by atoms with E-state index in [2.05, 4.69) is 5.32 Å². The van der Waals surface area contributed by atoms with Gasteiger partial charge in [-0.2, -0.15) is 0 Å². The van der Waals surface area contributed by atoms with E-state index in [0.717, 1.165) is 5.69 Å². The minimum Gasteiger partial charge on any atom is -0.382 e. The first-order valence-electron chi connectivity index (χ1n) is 5.52. The molecule has 5 heteroatoms. The van der Waals surface area contributed by atoms with Gasteiger partial charge in [-0.15, -0.1) is 0 Å². The van der Waals surface area contributed by atoms with Crippen LogP contribution in [-0.2, 0) is 6.54 Å². The van der Waals surface area contributed by atoms with Crippen molar-refractivity contribution >= 4 is 28.9 Å². The van der Waals surface area contributed by atoms with E-state index < -0.39 is 0 Å². The third-order valence-corrected chi connectivity index (χ3v) is 3.34. The molecule has 2 aromatic rings. The number of anilines is 1. The average molecular weight is 283 g/mol. The number of halogens is 2. The predicted octanol–water partition coefficient (Wildman–Crippen LogP) is 3.27. The second-order valence-corrected chi connectivity index (χ2v) is 4.55. The monoisotopic (exact) mass is 282 g/mol. The Morgan fingerprint density at radius 2 is 1.94 bits per heavy atom. The van der Waals surface area contributed by atoms with Gasteiger partial charge >= 0.3 is 0 Å². The van der Waals surface area contributed by atoms with Crippen LogP contribution in [0.4, 0.5) is 5.69 Å². The summed E-state index contributed by atoms with van der Waals surface area (Å²) in [6, 6.07) is 10.5. The predicted molar refractivity (Wildman–Crippen MR) is 75.7 cm³/mol. The Morgan fingerprint density at radius 1 is 1.11 bits per heavy atom. The molecule has 0 aliphatic rings. The molecule has 2 rings (SSSR count). The number of rotatable bonds is 4. The normalized spacial score (nSPS) is 10.3. The van der Waals surface area contributed by atoms with Gasteiger partial charge in [0.1, 0.15) is 0 Å². The summed E-state index contributed by atoms with van der Waals surface area (Å²) in [7, 11) is 0. The van der Waals surface area contributed by atoms with Crippen molar-refractivity contribution in [1.29, 1.82) is 0 Å². The maximum Gasteiger partial charge on any atom is 0.250 e. The Labute approximate surface area is 115 Å². The van der Waals surface area contributed by atoms with Crippen LogP contribution in [-0.4, -0.2) is 11.1 Å². The lowest BCUT2D eigenvalue weighted by Crippen LogP contribution is -2.22. The number of nitrogens with zero attached hydrogens (tertiary/aromatic N) is 1. The first-order valence-corrected chi connectivity index (χ1v) is 6.27. The molecule has 0 amide bonds. The molecule has 0 unspecified atom stereocenters. The van der Waals surface area contributed by atoms with Crippen molar-refractivity contribution in [2.24, 2.45) is 0 Å². The van der Waals surface area contributed by atoms with Crippen LogP contribution in [0.2, 0.25) is 10.0 Å². The number of hydrogen-bond acceptors (Lipinski definition) is 2. The van der Waals surface area contributed by atoms with E-state index in [4.69, 9.17) is 23.2 Å². The maximum absolute atomic E-state index is 11.5. The third-order valence-electron chi connectivity index (χ3n) is 2.52. The molecular weight excluding hydrogens is 271 g/mol. The zero-order chi connectivity index (χ0) is 13.0. The van der Waals surface area contributed by atoms with E-state index in [1.165, 1.54) is 6.07 Å². The zero-order valence-corrected chi connectivity index (χ0v) is 11.1. The fourth-order valence-electron chi connectivity index (χ4n) is 1.60. The number of aromatic nitrogens is 1. The van der Waals surface area contributed by atoms with Crippen molar-refractivity contribution in [2.45, 2.75) is 6.54 Å². The summed E-state index contributed by atoms with van der Waals surface area (Å²) in [4.78, 5) is 11.5. The second kappa shape index (κ2) is 5.94. The van der Waals surface area contributed by atoms with Gasteiger partial charge < -0.3 is 9.88 Å². The first-order chi connectivity index (χ1) is 8.68. The highest BCUT2D eigenvalue weighted by Gasteiger charge is 2.03. The molecule has 3 nitrogen and oxygen atoms in total. The van der Waals surface area contributed by atoms with Crippen molar-refractivity contribution in [3.05, 3.63) is 63.0 Å². The summed E-state index contributed by atoms with van der Waals surface area (Å²) < 4.78 is 1.63. The van der Waals surface area contributed by atoms with Crippen molar-refractivity contribution in [2.75, 3.05) is 11.9 Å². The summed E-state index contributed by atoms with van der Waals surface area (Å²) in [5.74, 6) is 0. The van der Waals surface area contributed by atoms with Gasteiger partial charge in [0.2, 0.25) is 0 Å². The number of nitrogens with one attached hydrogen (secondary N) is 1. The molecule has 0 saturated heterocycles. The van der Waals surface area contributed by atoms with Gasteiger partial charge in [-0.1, -0.05) is 35.3 Å². The van der Waals surface area contributed by atoms with Crippen LogP contribution < -0.4 is 10.9 Å². The molecule has 1 aromatic carbocycles. The summed E-state index contributed by atoms with van der Waals surface area (Å²) in [5, 5.41) is 4.17. The smallest absolute Gasteiger partial charge is 0.250 e. The molecule has 1 N–H and O–H groups in total. The molecule has 0 fully saturated rings. The molecule has 0 radical (unpaired) electrons. The quantitative estimate of drug-likeness (QED) is 0.934. The fraction of sp³-hybridized carbons (Fsp3) is 0.154. The van der Waals surface area contributed by atoms with Crippen LogP contribution in [0.5, 0.6) is 0 Å². The highest BCUT2D eigenvalue weighted by atomic mass is 35.5. The molecule has 0 aliphatic heterocycles. The SMILES string of the molecule is O=c1ccccn1CCNc1cccc(Cl)c1Cl. The molecule has 0 saturated carbocycles. The molecular formula is C13H12Cl2N2O. The van der Waals surface area contributed by atoms with Crippen molar-refractivity contribution in [1.82, 2.24) is 4.57 Å². The van der Waals surface area contributed by atoms with Gasteiger partial charge in [0, 0.05) is 25.4 Å². The van der Waals surface area contributed by atoms with Crippen molar-refractivity contribution < 1.29 is 0 Å². The minimum absolute atomic E-state index is 0.0171. The number of hydrogen-bond donors (Lipinski definition) is 1. The van der Waals surface area contributed by atoms with E-state index in [1.807, 2.05) is 18.2 Å². The molecule has 0 spiro atoms. The van der Waals surface area contributed by atoms with Crippen molar-refractivity contribution in [3.63, 3.8) is 0 Å². The topological polar surface area (TPSA) is 34.0 Å². The van der Waals surface area contributed by atoms with Gasteiger partial charge in [0.25, 0.3) is 5.56 Å². The van der Waals surface area contributed by atoms with Crippen LogP contribution in [0.1, 0.15) is 0 Å². The lowest BCUT2D eigenvalue weighted by Gasteiger charge is -2.10. The van der Waals surface area contributed by atoms with E-state index in [1.54, 1.807) is 22.9 Å². The largest absolute Gasteiger partial charge is 0.382 e. The Balaban J connectivity index is 1.99. The Kier molecular flexibility index (Phi) is 4.28.